The minimum absolute atomic E-state index is 0.152. The average molecular weight is 389 g/mol. The van der Waals surface area contributed by atoms with Crippen LogP contribution in [-0.2, 0) is 4.79 Å². The standard InChI is InChI=1S/C24H27N3O2/c1-18-7-9-20(10-8-18)29-16-11-24(28)27-14-12-26(13-15-27)23-17-19(2)21-5-3-4-6-22(21)25-23/h3-10,17H,11-16H2,1-2H3. The van der Waals surface area contributed by atoms with Gasteiger partial charge in [-0.05, 0) is 43.7 Å². The summed E-state index contributed by atoms with van der Waals surface area (Å²) in [4.78, 5) is 21.6. The van der Waals surface area contributed by atoms with E-state index >= 15 is 0 Å². The first-order valence-electron chi connectivity index (χ1n) is 10.2. The first-order chi connectivity index (χ1) is 14.1. The largest absolute Gasteiger partial charge is 0.493 e. The summed E-state index contributed by atoms with van der Waals surface area (Å²) in [5, 5.41) is 1.19. The molecule has 5 heteroatoms. The van der Waals surface area contributed by atoms with Gasteiger partial charge >= 0.3 is 0 Å². The summed E-state index contributed by atoms with van der Waals surface area (Å²) >= 11 is 0. The molecule has 1 aromatic heterocycles. The van der Waals surface area contributed by atoms with Crippen molar-refractivity contribution >= 4 is 22.6 Å². The van der Waals surface area contributed by atoms with Crippen LogP contribution in [0.2, 0.25) is 0 Å². The number of rotatable bonds is 5. The number of aryl methyl sites for hydroxylation is 2. The summed E-state index contributed by atoms with van der Waals surface area (Å²) in [5.41, 5.74) is 3.45. The molecule has 4 rings (SSSR count). The van der Waals surface area contributed by atoms with Gasteiger partial charge in [0.25, 0.3) is 0 Å². The summed E-state index contributed by atoms with van der Waals surface area (Å²) in [5.74, 6) is 1.96. The number of carbonyl (C=O) groups is 1. The molecule has 1 saturated heterocycles. The van der Waals surface area contributed by atoms with Gasteiger partial charge in [0.2, 0.25) is 5.91 Å². The van der Waals surface area contributed by atoms with Crippen LogP contribution >= 0.6 is 0 Å². The van der Waals surface area contributed by atoms with Gasteiger partial charge < -0.3 is 14.5 Å². The normalized spacial score (nSPS) is 14.3. The summed E-state index contributed by atoms with van der Waals surface area (Å²) in [6.45, 7) is 7.62. The predicted octanol–water partition coefficient (Wildman–Crippen LogP) is 3.97. The maximum absolute atomic E-state index is 12.5. The molecular weight excluding hydrogens is 362 g/mol. The van der Waals surface area contributed by atoms with Gasteiger partial charge in [-0.2, -0.15) is 0 Å². The molecule has 0 unspecified atom stereocenters. The highest BCUT2D eigenvalue weighted by Crippen LogP contribution is 2.23. The van der Waals surface area contributed by atoms with Crippen molar-refractivity contribution in [3.05, 3.63) is 65.7 Å². The van der Waals surface area contributed by atoms with Gasteiger partial charge in [0.05, 0.1) is 18.5 Å². The Morgan fingerprint density at radius 1 is 1.00 bits per heavy atom. The molecule has 0 radical (unpaired) electrons. The number of carbonyl (C=O) groups excluding carboxylic acids is 1. The monoisotopic (exact) mass is 389 g/mol. The second-order valence-corrected chi connectivity index (χ2v) is 7.59. The molecule has 0 spiro atoms. The summed E-state index contributed by atoms with van der Waals surface area (Å²) in [6, 6.07) is 18.3. The smallest absolute Gasteiger partial charge is 0.226 e. The third-order valence-corrected chi connectivity index (χ3v) is 5.47. The molecule has 0 bridgehead atoms. The molecular formula is C24H27N3O2. The molecule has 1 aliphatic rings. The van der Waals surface area contributed by atoms with Gasteiger partial charge in [0, 0.05) is 31.6 Å². The number of para-hydroxylation sites is 1. The fourth-order valence-corrected chi connectivity index (χ4v) is 3.73. The minimum atomic E-state index is 0.152. The van der Waals surface area contributed by atoms with E-state index in [9.17, 15) is 4.79 Å². The van der Waals surface area contributed by atoms with Crippen LogP contribution in [0, 0.1) is 13.8 Å². The number of hydrogen-bond donors (Lipinski definition) is 0. The van der Waals surface area contributed by atoms with Gasteiger partial charge in [0.1, 0.15) is 11.6 Å². The predicted molar refractivity (Wildman–Crippen MR) is 117 cm³/mol. The van der Waals surface area contributed by atoms with E-state index in [2.05, 4.69) is 30.0 Å². The lowest BCUT2D eigenvalue weighted by molar-refractivity contribution is -0.132. The summed E-state index contributed by atoms with van der Waals surface area (Å²) in [7, 11) is 0. The van der Waals surface area contributed by atoms with Crippen LogP contribution in [-0.4, -0.2) is 48.6 Å². The molecule has 3 aromatic rings. The lowest BCUT2D eigenvalue weighted by Gasteiger charge is -2.35. The Morgan fingerprint density at radius 2 is 1.72 bits per heavy atom. The van der Waals surface area contributed by atoms with Crippen LogP contribution in [0.5, 0.6) is 5.75 Å². The molecule has 0 N–H and O–H groups in total. The highest BCUT2D eigenvalue weighted by molar-refractivity contribution is 5.84. The number of fused-ring (bicyclic) bond motifs is 1. The third kappa shape index (κ3) is 4.50. The molecule has 29 heavy (non-hydrogen) atoms. The van der Waals surface area contributed by atoms with Crippen LogP contribution in [0.1, 0.15) is 17.5 Å². The van der Waals surface area contributed by atoms with Gasteiger partial charge in [-0.3, -0.25) is 4.79 Å². The van der Waals surface area contributed by atoms with Crippen molar-refractivity contribution in [2.45, 2.75) is 20.3 Å². The van der Waals surface area contributed by atoms with Crippen LogP contribution in [0.4, 0.5) is 5.82 Å². The lowest BCUT2D eigenvalue weighted by Crippen LogP contribution is -2.49. The Balaban J connectivity index is 1.30. The van der Waals surface area contributed by atoms with Crippen LogP contribution in [0.15, 0.2) is 54.6 Å². The zero-order valence-corrected chi connectivity index (χ0v) is 17.1. The van der Waals surface area contributed by atoms with Crippen molar-refractivity contribution in [2.24, 2.45) is 0 Å². The molecule has 2 heterocycles. The first kappa shape index (κ1) is 19.2. The second-order valence-electron chi connectivity index (χ2n) is 7.59. The molecule has 0 aliphatic carbocycles. The van der Waals surface area contributed by atoms with Crippen molar-refractivity contribution < 1.29 is 9.53 Å². The topological polar surface area (TPSA) is 45.7 Å². The van der Waals surface area contributed by atoms with Gasteiger partial charge in [0.15, 0.2) is 0 Å². The summed E-state index contributed by atoms with van der Waals surface area (Å²) in [6.07, 6.45) is 0.404. The Kier molecular flexibility index (Phi) is 5.65. The van der Waals surface area contributed by atoms with E-state index in [1.165, 1.54) is 16.5 Å². The number of nitrogens with zero attached hydrogens (tertiary/aromatic N) is 3. The number of benzene rings is 2. The highest BCUT2D eigenvalue weighted by atomic mass is 16.5. The Hall–Kier alpha value is -3.08. The number of pyridine rings is 1. The number of anilines is 1. The maximum Gasteiger partial charge on any atom is 0.226 e. The lowest BCUT2D eigenvalue weighted by atomic mass is 10.1. The van der Waals surface area contributed by atoms with Gasteiger partial charge in [-0.25, -0.2) is 4.98 Å². The Bertz CT molecular complexity index is 993. The van der Waals surface area contributed by atoms with Crippen molar-refractivity contribution in [3.63, 3.8) is 0 Å². The zero-order valence-electron chi connectivity index (χ0n) is 17.1. The van der Waals surface area contributed by atoms with Gasteiger partial charge in [-0.1, -0.05) is 35.9 Å². The van der Waals surface area contributed by atoms with Crippen LogP contribution in [0.3, 0.4) is 0 Å². The second kappa shape index (κ2) is 8.52. The highest BCUT2D eigenvalue weighted by Gasteiger charge is 2.22. The van der Waals surface area contributed by atoms with E-state index in [0.29, 0.717) is 13.0 Å². The van der Waals surface area contributed by atoms with Crippen LogP contribution in [0.25, 0.3) is 10.9 Å². The maximum atomic E-state index is 12.5. The molecule has 1 amide bonds. The number of piperazine rings is 1. The molecule has 2 aromatic carbocycles. The third-order valence-electron chi connectivity index (χ3n) is 5.47. The van der Waals surface area contributed by atoms with Gasteiger partial charge in [-0.15, -0.1) is 0 Å². The molecule has 1 fully saturated rings. The van der Waals surface area contributed by atoms with Crippen molar-refractivity contribution in [3.8, 4) is 5.75 Å². The SMILES string of the molecule is Cc1ccc(OCCC(=O)N2CCN(c3cc(C)c4ccccc4n3)CC2)cc1. The minimum Gasteiger partial charge on any atom is -0.493 e. The first-order valence-corrected chi connectivity index (χ1v) is 10.2. The van der Waals surface area contributed by atoms with E-state index in [1.807, 2.05) is 48.2 Å². The molecule has 1 aliphatic heterocycles. The number of amides is 1. The molecule has 0 atom stereocenters. The Labute approximate surface area is 171 Å². The summed E-state index contributed by atoms with van der Waals surface area (Å²) < 4.78 is 5.70. The van der Waals surface area contributed by atoms with Crippen LogP contribution < -0.4 is 9.64 Å². The number of ether oxygens (including phenoxy) is 1. The van der Waals surface area contributed by atoms with Crippen molar-refractivity contribution in [1.29, 1.82) is 0 Å². The Morgan fingerprint density at radius 3 is 2.48 bits per heavy atom. The molecule has 0 saturated carbocycles. The zero-order chi connectivity index (χ0) is 20.2. The fourth-order valence-electron chi connectivity index (χ4n) is 3.73. The molecule has 150 valence electrons. The number of aromatic nitrogens is 1. The average Bonchev–Trinajstić information content (AvgIpc) is 2.75. The van der Waals surface area contributed by atoms with E-state index in [-0.39, 0.29) is 5.91 Å². The van der Waals surface area contributed by atoms with E-state index in [4.69, 9.17) is 9.72 Å². The fraction of sp³-hybridized carbons (Fsp3) is 0.333. The van der Waals surface area contributed by atoms with E-state index < -0.39 is 0 Å². The quantitative estimate of drug-likeness (QED) is 0.662. The van der Waals surface area contributed by atoms with E-state index in [1.54, 1.807) is 0 Å². The van der Waals surface area contributed by atoms with Crippen molar-refractivity contribution in [2.75, 3.05) is 37.7 Å². The van der Waals surface area contributed by atoms with Crippen molar-refractivity contribution in [1.82, 2.24) is 9.88 Å². The van der Waals surface area contributed by atoms with E-state index in [0.717, 1.165) is 43.3 Å². The number of hydrogen-bond acceptors (Lipinski definition) is 4. The molecule has 5 nitrogen and oxygen atoms in total.